The Morgan fingerprint density at radius 2 is 2.00 bits per heavy atom. The molecule has 0 amide bonds. The Bertz CT molecular complexity index is 298. The average molecular weight is 240 g/mol. The molecule has 2 rings (SSSR count). The minimum atomic E-state index is 0.414. The van der Waals surface area contributed by atoms with Crippen molar-refractivity contribution in [2.24, 2.45) is 5.73 Å². The first-order chi connectivity index (χ1) is 6.27. The second-order valence-electron chi connectivity index (χ2n) is 3.79. The van der Waals surface area contributed by atoms with Gasteiger partial charge in [0.1, 0.15) is 0 Å². The lowest BCUT2D eigenvalue weighted by Gasteiger charge is -2.11. The highest BCUT2D eigenvalue weighted by molar-refractivity contribution is 9.10. The summed E-state index contributed by atoms with van der Waals surface area (Å²) in [5, 5.41) is 0. The lowest BCUT2D eigenvalue weighted by atomic mass is 9.98. The number of halogens is 1. The van der Waals surface area contributed by atoms with Gasteiger partial charge in [-0.15, -0.1) is 0 Å². The van der Waals surface area contributed by atoms with E-state index in [-0.39, 0.29) is 0 Å². The zero-order valence-electron chi connectivity index (χ0n) is 7.54. The largest absolute Gasteiger partial charge is 0.328 e. The maximum Gasteiger partial charge on any atom is 0.0210 e. The summed E-state index contributed by atoms with van der Waals surface area (Å²) in [4.78, 5) is 0. The molecule has 1 aromatic carbocycles. The van der Waals surface area contributed by atoms with E-state index in [1.807, 2.05) is 0 Å². The number of hydrogen-bond acceptors (Lipinski definition) is 1. The molecule has 1 aliphatic carbocycles. The summed E-state index contributed by atoms with van der Waals surface area (Å²) in [5.41, 5.74) is 7.32. The van der Waals surface area contributed by atoms with Gasteiger partial charge in [0.2, 0.25) is 0 Å². The van der Waals surface area contributed by atoms with Crippen molar-refractivity contribution in [2.75, 3.05) is 0 Å². The molecule has 0 aromatic heterocycles. The van der Waals surface area contributed by atoms with Crippen molar-refractivity contribution in [3.05, 3.63) is 34.3 Å². The molecule has 1 saturated carbocycles. The lowest BCUT2D eigenvalue weighted by molar-refractivity contribution is 0.673. The maximum atomic E-state index is 5.90. The highest BCUT2D eigenvalue weighted by atomic mass is 79.9. The van der Waals surface area contributed by atoms with Crippen LogP contribution in [0, 0.1) is 0 Å². The molecule has 2 N–H and O–H groups in total. The summed E-state index contributed by atoms with van der Waals surface area (Å²) in [7, 11) is 0. The standard InChI is InChI=1S/C11H14BrN/c12-11-4-2-1-3-10(11)8-5-6-9(13)7-8/h1-4,8-9H,5-7,13H2. The van der Waals surface area contributed by atoms with Crippen molar-refractivity contribution in [1.82, 2.24) is 0 Å². The molecule has 1 aliphatic rings. The molecule has 2 unspecified atom stereocenters. The molecule has 0 saturated heterocycles. The molecule has 0 aliphatic heterocycles. The van der Waals surface area contributed by atoms with Gasteiger partial charge in [0.25, 0.3) is 0 Å². The van der Waals surface area contributed by atoms with Crippen molar-refractivity contribution >= 4 is 15.9 Å². The minimum absolute atomic E-state index is 0.414. The van der Waals surface area contributed by atoms with Gasteiger partial charge >= 0.3 is 0 Å². The number of nitrogens with two attached hydrogens (primary N) is 1. The Labute approximate surface area is 87.5 Å². The van der Waals surface area contributed by atoms with Crippen LogP contribution in [0.15, 0.2) is 28.7 Å². The van der Waals surface area contributed by atoms with Crippen LogP contribution >= 0.6 is 15.9 Å². The molecule has 1 fully saturated rings. The SMILES string of the molecule is NC1CCC(c2ccccc2Br)C1. The Kier molecular flexibility index (Phi) is 2.70. The quantitative estimate of drug-likeness (QED) is 0.802. The summed E-state index contributed by atoms with van der Waals surface area (Å²) in [6.07, 6.45) is 3.55. The fourth-order valence-electron chi connectivity index (χ4n) is 2.11. The van der Waals surface area contributed by atoms with E-state index < -0.39 is 0 Å². The van der Waals surface area contributed by atoms with Crippen LogP contribution < -0.4 is 5.73 Å². The van der Waals surface area contributed by atoms with E-state index in [9.17, 15) is 0 Å². The van der Waals surface area contributed by atoms with Gasteiger partial charge in [0.15, 0.2) is 0 Å². The first kappa shape index (κ1) is 9.22. The van der Waals surface area contributed by atoms with Crippen molar-refractivity contribution in [3.8, 4) is 0 Å². The first-order valence-corrected chi connectivity index (χ1v) is 5.56. The van der Waals surface area contributed by atoms with Crippen LogP contribution in [-0.4, -0.2) is 6.04 Å². The van der Waals surface area contributed by atoms with Gasteiger partial charge in [-0.25, -0.2) is 0 Å². The Balaban J connectivity index is 2.21. The van der Waals surface area contributed by atoms with E-state index in [4.69, 9.17) is 5.73 Å². The summed E-state index contributed by atoms with van der Waals surface area (Å²) >= 11 is 3.59. The Morgan fingerprint density at radius 3 is 2.62 bits per heavy atom. The van der Waals surface area contributed by atoms with Gasteiger partial charge in [-0.3, -0.25) is 0 Å². The van der Waals surface area contributed by atoms with Crippen LogP contribution in [0.5, 0.6) is 0 Å². The molecular weight excluding hydrogens is 226 g/mol. The smallest absolute Gasteiger partial charge is 0.0210 e. The van der Waals surface area contributed by atoms with Crippen LogP contribution in [0.2, 0.25) is 0 Å². The van der Waals surface area contributed by atoms with Crippen molar-refractivity contribution in [2.45, 2.75) is 31.2 Å². The second kappa shape index (κ2) is 3.81. The van der Waals surface area contributed by atoms with Crippen LogP contribution in [-0.2, 0) is 0 Å². The normalized spacial score (nSPS) is 27.8. The first-order valence-electron chi connectivity index (χ1n) is 4.77. The van der Waals surface area contributed by atoms with Crippen LogP contribution in [0.4, 0.5) is 0 Å². The molecular formula is C11H14BrN. The number of hydrogen-bond donors (Lipinski definition) is 1. The maximum absolute atomic E-state index is 5.90. The number of benzene rings is 1. The van der Waals surface area contributed by atoms with Crippen LogP contribution in [0.1, 0.15) is 30.7 Å². The zero-order valence-corrected chi connectivity index (χ0v) is 9.13. The summed E-state index contributed by atoms with van der Waals surface area (Å²) in [6.45, 7) is 0. The average Bonchev–Trinajstić information content (AvgIpc) is 2.53. The van der Waals surface area contributed by atoms with E-state index in [2.05, 4.69) is 40.2 Å². The van der Waals surface area contributed by atoms with E-state index >= 15 is 0 Å². The minimum Gasteiger partial charge on any atom is -0.328 e. The molecule has 0 spiro atoms. The van der Waals surface area contributed by atoms with Gasteiger partial charge in [-0.1, -0.05) is 34.1 Å². The van der Waals surface area contributed by atoms with Crippen molar-refractivity contribution < 1.29 is 0 Å². The van der Waals surface area contributed by atoms with Crippen LogP contribution in [0.3, 0.4) is 0 Å². The topological polar surface area (TPSA) is 26.0 Å². The third kappa shape index (κ3) is 1.94. The van der Waals surface area contributed by atoms with E-state index in [1.54, 1.807) is 0 Å². The second-order valence-corrected chi connectivity index (χ2v) is 4.65. The van der Waals surface area contributed by atoms with Gasteiger partial charge < -0.3 is 5.73 Å². The molecule has 13 heavy (non-hydrogen) atoms. The molecule has 70 valence electrons. The third-order valence-corrected chi connectivity index (χ3v) is 3.54. The molecule has 0 radical (unpaired) electrons. The molecule has 2 atom stereocenters. The van der Waals surface area contributed by atoms with E-state index in [0.717, 1.165) is 6.42 Å². The van der Waals surface area contributed by atoms with Gasteiger partial charge in [-0.2, -0.15) is 0 Å². The molecule has 2 heteroatoms. The molecule has 0 bridgehead atoms. The fraction of sp³-hybridized carbons (Fsp3) is 0.455. The van der Waals surface area contributed by atoms with Crippen molar-refractivity contribution in [3.63, 3.8) is 0 Å². The van der Waals surface area contributed by atoms with Gasteiger partial charge in [0.05, 0.1) is 0 Å². The molecule has 1 aromatic rings. The highest BCUT2D eigenvalue weighted by Crippen LogP contribution is 2.36. The summed E-state index contributed by atoms with van der Waals surface area (Å²) in [5.74, 6) is 0.672. The Morgan fingerprint density at radius 1 is 1.23 bits per heavy atom. The highest BCUT2D eigenvalue weighted by Gasteiger charge is 2.24. The number of rotatable bonds is 1. The van der Waals surface area contributed by atoms with Crippen LogP contribution in [0.25, 0.3) is 0 Å². The van der Waals surface area contributed by atoms with E-state index in [1.165, 1.54) is 22.9 Å². The van der Waals surface area contributed by atoms with Gasteiger partial charge in [-0.05, 0) is 36.8 Å². The summed E-state index contributed by atoms with van der Waals surface area (Å²) < 4.78 is 1.23. The van der Waals surface area contributed by atoms with Gasteiger partial charge in [0, 0.05) is 10.5 Å². The predicted molar refractivity (Wildman–Crippen MR) is 58.7 cm³/mol. The van der Waals surface area contributed by atoms with Crippen molar-refractivity contribution in [1.29, 1.82) is 0 Å². The lowest BCUT2D eigenvalue weighted by Crippen LogP contribution is -2.14. The monoisotopic (exact) mass is 239 g/mol. The molecule has 1 nitrogen and oxygen atoms in total. The summed E-state index contributed by atoms with van der Waals surface area (Å²) in [6, 6.07) is 8.88. The predicted octanol–water partition coefficient (Wildman–Crippen LogP) is 3.04. The fourth-order valence-corrected chi connectivity index (χ4v) is 2.71. The molecule has 0 heterocycles. The third-order valence-electron chi connectivity index (χ3n) is 2.82. The van der Waals surface area contributed by atoms with E-state index in [0.29, 0.717) is 12.0 Å². The zero-order chi connectivity index (χ0) is 9.26. The Hall–Kier alpha value is -0.340.